The Morgan fingerprint density at radius 3 is 2.39 bits per heavy atom. The first-order chi connectivity index (χ1) is 17.4. The number of benzene rings is 3. The Kier molecular flexibility index (Phi) is 5.96. The maximum absolute atomic E-state index is 13.5. The van der Waals surface area contributed by atoms with Gasteiger partial charge >= 0.3 is 0 Å². The molecule has 0 bridgehead atoms. The third-order valence-electron chi connectivity index (χ3n) is 6.15. The number of nitriles is 1. The summed E-state index contributed by atoms with van der Waals surface area (Å²) in [5.74, 6) is -1.36. The molecule has 0 radical (unpaired) electrons. The fourth-order valence-corrected chi connectivity index (χ4v) is 4.58. The van der Waals surface area contributed by atoms with Gasteiger partial charge in [-0.15, -0.1) is 0 Å². The number of Topliss-reactive ketones (excluding diaryl/α,β-unsaturated/α-hetero) is 2. The fraction of sp³-hybridized carbons (Fsp3) is 0.107. The molecule has 0 aromatic heterocycles. The minimum absolute atomic E-state index is 0.0288. The Hall–Kier alpha value is -4.54. The average Bonchev–Trinajstić information content (AvgIpc) is 2.90. The number of rotatable bonds is 5. The minimum atomic E-state index is -0.921. The van der Waals surface area contributed by atoms with Crippen LogP contribution in [0, 0.1) is 11.3 Å². The maximum Gasteiger partial charge on any atom is 0.229 e. The quantitative estimate of drug-likeness (QED) is 0.522. The second-order valence-electron chi connectivity index (χ2n) is 8.16. The van der Waals surface area contributed by atoms with E-state index in [0.29, 0.717) is 22.1 Å². The highest BCUT2D eigenvalue weighted by Gasteiger charge is 2.43. The van der Waals surface area contributed by atoms with E-state index in [2.05, 4.69) is 0 Å². The lowest BCUT2D eigenvalue weighted by Gasteiger charge is -2.31. The van der Waals surface area contributed by atoms with Crippen molar-refractivity contribution in [2.75, 3.05) is 7.11 Å². The van der Waals surface area contributed by atoms with Gasteiger partial charge in [0.05, 0.1) is 18.6 Å². The van der Waals surface area contributed by atoms with Gasteiger partial charge in [-0.3, -0.25) is 9.59 Å². The van der Waals surface area contributed by atoms with Crippen LogP contribution in [0.1, 0.15) is 37.8 Å². The second kappa shape index (κ2) is 9.25. The van der Waals surface area contributed by atoms with E-state index in [-0.39, 0.29) is 40.5 Å². The topological polar surface area (TPSA) is 112 Å². The van der Waals surface area contributed by atoms with Crippen LogP contribution in [0.5, 0.6) is 11.5 Å². The third-order valence-corrected chi connectivity index (χ3v) is 6.52. The second-order valence-corrected chi connectivity index (χ2v) is 8.57. The molecule has 3 aromatic carbocycles. The fourth-order valence-electron chi connectivity index (χ4n) is 4.39. The minimum Gasteiger partial charge on any atom is -0.493 e. The van der Waals surface area contributed by atoms with Crippen molar-refractivity contribution in [3.8, 4) is 17.6 Å². The molecule has 2 N–H and O–H groups in total. The molecule has 0 unspecified atom stereocenters. The van der Waals surface area contributed by atoms with Gasteiger partial charge in [-0.1, -0.05) is 60.1 Å². The summed E-state index contributed by atoms with van der Waals surface area (Å²) >= 11 is 6.23. The van der Waals surface area contributed by atoms with Gasteiger partial charge in [0, 0.05) is 21.7 Å². The number of hydrogen-bond donors (Lipinski definition) is 1. The summed E-state index contributed by atoms with van der Waals surface area (Å²) in [6.45, 7) is 0.210. The molecule has 8 heteroatoms. The maximum atomic E-state index is 13.5. The van der Waals surface area contributed by atoms with Gasteiger partial charge in [0.2, 0.25) is 11.7 Å². The zero-order valence-electron chi connectivity index (χ0n) is 19.1. The van der Waals surface area contributed by atoms with E-state index in [4.69, 9.17) is 31.5 Å². The van der Waals surface area contributed by atoms with Gasteiger partial charge in [-0.2, -0.15) is 5.26 Å². The predicted octanol–water partition coefficient (Wildman–Crippen LogP) is 5.07. The highest BCUT2D eigenvalue weighted by molar-refractivity contribution is 6.31. The Balaban J connectivity index is 1.57. The monoisotopic (exact) mass is 498 g/mol. The SMILES string of the molecule is COc1cc([C@@H]2C(C#N)=C(N)OC3=C2C(=O)c2ccccc2C3=O)ccc1OCc1ccccc1Cl. The van der Waals surface area contributed by atoms with E-state index in [1.807, 2.05) is 24.3 Å². The Bertz CT molecular complexity index is 1530. The van der Waals surface area contributed by atoms with E-state index in [1.54, 1.807) is 48.5 Å². The van der Waals surface area contributed by atoms with Crippen molar-refractivity contribution in [2.24, 2.45) is 5.73 Å². The normalized spacial score (nSPS) is 16.6. The molecule has 5 rings (SSSR count). The molecule has 0 saturated heterocycles. The lowest BCUT2D eigenvalue weighted by atomic mass is 9.75. The van der Waals surface area contributed by atoms with Crippen LogP contribution in [0.25, 0.3) is 0 Å². The Labute approximate surface area is 212 Å². The largest absolute Gasteiger partial charge is 0.493 e. The van der Waals surface area contributed by atoms with Gasteiger partial charge in [0.1, 0.15) is 18.2 Å². The van der Waals surface area contributed by atoms with Crippen LogP contribution >= 0.6 is 11.6 Å². The first-order valence-corrected chi connectivity index (χ1v) is 11.4. The molecular weight excluding hydrogens is 480 g/mol. The molecule has 178 valence electrons. The number of nitrogens with zero attached hydrogens (tertiary/aromatic N) is 1. The zero-order chi connectivity index (χ0) is 25.4. The van der Waals surface area contributed by atoms with Crippen molar-refractivity contribution in [1.29, 1.82) is 5.26 Å². The number of ether oxygens (including phenoxy) is 3. The van der Waals surface area contributed by atoms with Crippen LogP contribution in [-0.2, 0) is 11.3 Å². The average molecular weight is 499 g/mol. The molecule has 1 heterocycles. The van der Waals surface area contributed by atoms with E-state index in [0.717, 1.165) is 5.56 Å². The van der Waals surface area contributed by atoms with Gasteiger partial charge in [-0.05, 0) is 23.8 Å². The van der Waals surface area contributed by atoms with Crippen LogP contribution in [0.3, 0.4) is 0 Å². The number of methoxy groups -OCH3 is 1. The molecule has 1 atom stereocenters. The summed E-state index contributed by atoms with van der Waals surface area (Å²) in [5, 5.41) is 10.5. The first kappa shape index (κ1) is 23.2. The highest BCUT2D eigenvalue weighted by Crippen LogP contribution is 2.45. The molecule has 7 nitrogen and oxygen atoms in total. The summed E-state index contributed by atoms with van der Waals surface area (Å²) in [6.07, 6.45) is 0. The molecule has 0 fully saturated rings. The summed E-state index contributed by atoms with van der Waals surface area (Å²) in [7, 11) is 1.48. The van der Waals surface area contributed by atoms with Crippen LogP contribution in [0.15, 0.2) is 89.5 Å². The van der Waals surface area contributed by atoms with E-state index in [1.165, 1.54) is 7.11 Å². The van der Waals surface area contributed by atoms with Crippen LogP contribution in [0.2, 0.25) is 5.02 Å². The molecule has 1 aliphatic carbocycles. The number of carbonyl (C=O) groups excluding carboxylic acids is 2. The third kappa shape index (κ3) is 3.78. The van der Waals surface area contributed by atoms with Crippen molar-refractivity contribution in [3.05, 3.63) is 117 Å². The molecule has 1 aliphatic heterocycles. The standard InChI is InChI=1S/C28H19ClN2O5/c1-34-22-12-15(10-11-21(22)35-14-16-6-2-5-9-20(16)29)23-19(13-30)28(31)36-27-24(23)25(32)17-7-3-4-8-18(17)26(27)33/h2-12,23H,14,31H2,1H3/t23-/m1/s1. The molecular formula is C28H19ClN2O5. The van der Waals surface area contributed by atoms with Crippen LogP contribution in [0.4, 0.5) is 0 Å². The van der Waals surface area contributed by atoms with Crippen molar-refractivity contribution < 1.29 is 23.8 Å². The molecule has 2 aliphatic rings. The number of ketones is 2. The molecule has 0 amide bonds. The van der Waals surface area contributed by atoms with Crippen LogP contribution < -0.4 is 15.2 Å². The summed E-state index contributed by atoms with van der Waals surface area (Å²) in [5.41, 5.74) is 7.95. The summed E-state index contributed by atoms with van der Waals surface area (Å²) in [6, 6.07) is 20.9. The number of allylic oxidation sites excluding steroid dienone is 3. The van der Waals surface area contributed by atoms with E-state index < -0.39 is 17.5 Å². The van der Waals surface area contributed by atoms with Crippen molar-refractivity contribution >= 4 is 23.2 Å². The van der Waals surface area contributed by atoms with Crippen LogP contribution in [-0.4, -0.2) is 18.7 Å². The van der Waals surface area contributed by atoms with Gasteiger partial charge in [-0.25, -0.2) is 0 Å². The molecule has 0 spiro atoms. The molecule has 0 saturated carbocycles. The van der Waals surface area contributed by atoms with Crippen molar-refractivity contribution in [3.63, 3.8) is 0 Å². The lowest BCUT2D eigenvalue weighted by Crippen LogP contribution is -2.32. The Morgan fingerprint density at radius 1 is 1.00 bits per heavy atom. The number of hydrogen-bond acceptors (Lipinski definition) is 7. The first-order valence-electron chi connectivity index (χ1n) is 11.0. The molecule has 3 aromatic rings. The summed E-state index contributed by atoms with van der Waals surface area (Å²) in [4.78, 5) is 26.7. The number of nitrogens with two attached hydrogens (primary N) is 1. The van der Waals surface area contributed by atoms with Crippen molar-refractivity contribution in [1.82, 2.24) is 0 Å². The number of carbonyl (C=O) groups is 2. The van der Waals surface area contributed by atoms with E-state index in [9.17, 15) is 14.9 Å². The lowest BCUT2D eigenvalue weighted by molar-refractivity contribution is 0.0897. The van der Waals surface area contributed by atoms with Gasteiger partial charge < -0.3 is 19.9 Å². The van der Waals surface area contributed by atoms with Gasteiger partial charge in [0.25, 0.3) is 0 Å². The predicted molar refractivity (Wildman–Crippen MR) is 132 cm³/mol. The number of halogens is 1. The zero-order valence-corrected chi connectivity index (χ0v) is 19.8. The van der Waals surface area contributed by atoms with Gasteiger partial charge in [0.15, 0.2) is 23.0 Å². The van der Waals surface area contributed by atoms with Crippen molar-refractivity contribution in [2.45, 2.75) is 12.5 Å². The Morgan fingerprint density at radius 2 is 1.69 bits per heavy atom. The summed E-state index contributed by atoms with van der Waals surface area (Å²) < 4.78 is 17.0. The highest BCUT2D eigenvalue weighted by atomic mass is 35.5. The van der Waals surface area contributed by atoms with E-state index >= 15 is 0 Å². The number of fused-ring (bicyclic) bond motifs is 1. The smallest absolute Gasteiger partial charge is 0.229 e. The molecule has 36 heavy (non-hydrogen) atoms.